The minimum atomic E-state index is 0.337. The van der Waals surface area contributed by atoms with Crippen molar-refractivity contribution in [1.29, 1.82) is 0 Å². The number of ether oxygens (including phenoxy) is 1. The highest BCUT2D eigenvalue weighted by atomic mass is 32.1. The lowest BCUT2D eigenvalue weighted by atomic mass is 10.0. The van der Waals surface area contributed by atoms with Crippen molar-refractivity contribution < 1.29 is 4.74 Å². The normalized spacial score (nSPS) is 15.6. The molecule has 1 atom stereocenters. The fourth-order valence-corrected chi connectivity index (χ4v) is 4.36. The molecule has 4 nitrogen and oxygen atoms in total. The summed E-state index contributed by atoms with van der Waals surface area (Å²) < 4.78 is 5.78. The number of fused-ring (bicyclic) bond motifs is 2. The molecule has 128 valence electrons. The van der Waals surface area contributed by atoms with E-state index in [-0.39, 0.29) is 0 Å². The average Bonchev–Trinajstić information content (AvgIpc) is 3.31. The Morgan fingerprint density at radius 2 is 1.88 bits per heavy atom. The van der Waals surface area contributed by atoms with Gasteiger partial charge in [0.2, 0.25) is 0 Å². The molecule has 0 aliphatic carbocycles. The molecular formula is C21H17N3OS. The van der Waals surface area contributed by atoms with Crippen LogP contribution in [0.1, 0.15) is 11.5 Å². The van der Waals surface area contributed by atoms with Gasteiger partial charge in [-0.1, -0.05) is 48.5 Å². The number of benzene rings is 2. The zero-order chi connectivity index (χ0) is 17.3. The molecule has 1 unspecified atom stereocenters. The number of nitrogens with one attached hydrogen (secondary N) is 1. The Kier molecular flexibility index (Phi) is 3.79. The Labute approximate surface area is 155 Å². The van der Waals surface area contributed by atoms with Gasteiger partial charge in [-0.15, -0.1) is 11.3 Å². The van der Waals surface area contributed by atoms with E-state index in [1.165, 1.54) is 16.0 Å². The zero-order valence-electron chi connectivity index (χ0n) is 14.1. The van der Waals surface area contributed by atoms with Gasteiger partial charge in [-0.05, 0) is 17.7 Å². The number of para-hydroxylation sites is 1. The molecule has 5 rings (SSSR count). The highest BCUT2D eigenvalue weighted by Crippen LogP contribution is 2.36. The molecule has 3 heterocycles. The first kappa shape index (κ1) is 15.3. The van der Waals surface area contributed by atoms with Crippen LogP contribution in [0, 0.1) is 0 Å². The van der Waals surface area contributed by atoms with E-state index in [2.05, 4.69) is 57.7 Å². The van der Waals surface area contributed by atoms with Crippen molar-refractivity contribution in [2.75, 3.05) is 18.5 Å². The summed E-state index contributed by atoms with van der Waals surface area (Å²) in [6, 6.07) is 20.8. The van der Waals surface area contributed by atoms with Gasteiger partial charge < -0.3 is 10.1 Å². The van der Waals surface area contributed by atoms with Crippen LogP contribution in [0.25, 0.3) is 20.7 Å². The summed E-state index contributed by atoms with van der Waals surface area (Å²) in [7, 11) is 0. The maximum atomic E-state index is 5.78. The summed E-state index contributed by atoms with van der Waals surface area (Å²) in [5.41, 5.74) is 2.47. The predicted molar refractivity (Wildman–Crippen MR) is 106 cm³/mol. The van der Waals surface area contributed by atoms with Crippen molar-refractivity contribution in [3.8, 4) is 16.2 Å². The molecule has 26 heavy (non-hydrogen) atoms. The van der Waals surface area contributed by atoms with E-state index >= 15 is 0 Å². The lowest BCUT2D eigenvalue weighted by Gasteiger charge is -2.11. The summed E-state index contributed by atoms with van der Waals surface area (Å²) in [4.78, 5) is 11.1. The minimum Gasteiger partial charge on any atom is -0.493 e. The van der Waals surface area contributed by atoms with Gasteiger partial charge in [-0.3, -0.25) is 0 Å². The second-order valence-electron chi connectivity index (χ2n) is 6.34. The molecule has 0 amide bonds. The second-order valence-corrected chi connectivity index (χ2v) is 7.38. The second kappa shape index (κ2) is 6.42. The van der Waals surface area contributed by atoms with Gasteiger partial charge in [-0.25, -0.2) is 9.97 Å². The van der Waals surface area contributed by atoms with Crippen molar-refractivity contribution in [2.24, 2.45) is 0 Å². The SMILES string of the molecule is c1ccc(-c2cc3c(NCC4COc5ccccc54)ncnc3s2)cc1. The topological polar surface area (TPSA) is 47.0 Å². The monoisotopic (exact) mass is 359 g/mol. The Morgan fingerprint density at radius 3 is 2.81 bits per heavy atom. The summed E-state index contributed by atoms with van der Waals surface area (Å²) in [6.07, 6.45) is 1.63. The van der Waals surface area contributed by atoms with Gasteiger partial charge in [0.25, 0.3) is 0 Å². The fraction of sp³-hybridized carbons (Fsp3) is 0.143. The Bertz CT molecular complexity index is 1060. The lowest BCUT2D eigenvalue weighted by Crippen LogP contribution is -2.14. The molecule has 0 saturated heterocycles. The van der Waals surface area contributed by atoms with Gasteiger partial charge >= 0.3 is 0 Å². The number of hydrogen-bond donors (Lipinski definition) is 1. The molecule has 0 bridgehead atoms. The predicted octanol–water partition coefficient (Wildman–Crippen LogP) is 4.95. The molecule has 0 fully saturated rings. The first-order valence-electron chi connectivity index (χ1n) is 8.64. The van der Waals surface area contributed by atoms with Crippen molar-refractivity contribution in [3.63, 3.8) is 0 Å². The molecule has 1 aliphatic rings. The number of nitrogens with zero attached hydrogens (tertiary/aromatic N) is 2. The van der Waals surface area contributed by atoms with Gasteiger partial charge in [0.1, 0.15) is 22.7 Å². The number of aromatic nitrogens is 2. The molecule has 0 radical (unpaired) electrons. The van der Waals surface area contributed by atoms with E-state index < -0.39 is 0 Å². The van der Waals surface area contributed by atoms with Crippen LogP contribution in [0.15, 0.2) is 67.0 Å². The van der Waals surface area contributed by atoms with E-state index in [0.717, 1.165) is 28.3 Å². The standard InChI is InChI=1S/C21H17N3OS/c1-2-6-14(7-3-1)19-10-17-20(23-13-24-21(17)26-19)22-11-15-12-25-18-9-5-4-8-16(15)18/h1-10,13,15H,11-12H2,(H,22,23,24). The average molecular weight is 359 g/mol. The van der Waals surface area contributed by atoms with Crippen molar-refractivity contribution in [3.05, 3.63) is 72.6 Å². The molecule has 4 aromatic rings. The zero-order valence-corrected chi connectivity index (χ0v) is 14.9. The Balaban J connectivity index is 1.42. The third-order valence-corrected chi connectivity index (χ3v) is 5.79. The van der Waals surface area contributed by atoms with Crippen molar-refractivity contribution >= 4 is 27.4 Å². The molecule has 2 aromatic heterocycles. The van der Waals surface area contributed by atoms with Crippen LogP contribution >= 0.6 is 11.3 Å². The first-order valence-corrected chi connectivity index (χ1v) is 9.46. The highest BCUT2D eigenvalue weighted by molar-refractivity contribution is 7.21. The first-order chi connectivity index (χ1) is 12.9. The number of hydrogen-bond acceptors (Lipinski definition) is 5. The lowest BCUT2D eigenvalue weighted by molar-refractivity contribution is 0.334. The molecule has 0 spiro atoms. The molecule has 0 saturated carbocycles. The Hall–Kier alpha value is -2.92. The third-order valence-electron chi connectivity index (χ3n) is 4.70. The van der Waals surface area contributed by atoms with Crippen LogP contribution in [0.2, 0.25) is 0 Å². The quantitative estimate of drug-likeness (QED) is 0.560. The Morgan fingerprint density at radius 1 is 1.04 bits per heavy atom. The smallest absolute Gasteiger partial charge is 0.138 e. The largest absolute Gasteiger partial charge is 0.493 e. The minimum absolute atomic E-state index is 0.337. The van der Waals surface area contributed by atoms with Gasteiger partial charge in [0, 0.05) is 22.9 Å². The fourth-order valence-electron chi connectivity index (χ4n) is 3.36. The van der Waals surface area contributed by atoms with Crippen LogP contribution in [-0.4, -0.2) is 23.1 Å². The van der Waals surface area contributed by atoms with E-state index in [4.69, 9.17) is 4.74 Å². The van der Waals surface area contributed by atoms with E-state index in [1.54, 1.807) is 17.7 Å². The third kappa shape index (κ3) is 2.70. The van der Waals surface area contributed by atoms with E-state index in [1.807, 2.05) is 18.2 Å². The summed E-state index contributed by atoms with van der Waals surface area (Å²) in [5.74, 6) is 2.22. The van der Waals surface area contributed by atoms with Crippen LogP contribution in [0.5, 0.6) is 5.75 Å². The van der Waals surface area contributed by atoms with Crippen LogP contribution in [-0.2, 0) is 0 Å². The van der Waals surface area contributed by atoms with E-state index in [0.29, 0.717) is 12.5 Å². The van der Waals surface area contributed by atoms with Gasteiger partial charge in [0.05, 0.1) is 12.0 Å². The molecular weight excluding hydrogens is 342 g/mol. The van der Waals surface area contributed by atoms with E-state index in [9.17, 15) is 0 Å². The molecule has 2 aromatic carbocycles. The van der Waals surface area contributed by atoms with Crippen LogP contribution in [0.4, 0.5) is 5.82 Å². The van der Waals surface area contributed by atoms with Crippen molar-refractivity contribution in [2.45, 2.75) is 5.92 Å². The molecule has 1 aliphatic heterocycles. The van der Waals surface area contributed by atoms with Crippen molar-refractivity contribution in [1.82, 2.24) is 9.97 Å². The number of anilines is 1. The highest BCUT2D eigenvalue weighted by Gasteiger charge is 2.23. The molecule has 1 N–H and O–H groups in total. The summed E-state index contributed by atoms with van der Waals surface area (Å²) in [5, 5.41) is 4.58. The van der Waals surface area contributed by atoms with Crippen LogP contribution < -0.4 is 10.1 Å². The van der Waals surface area contributed by atoms with Gasteiger partial charge in [-0.2, -0.15) is 0 Å². The summed E-state index contributed by atoms with van der Waals surface area (Å²) in [6.45, 7) is 1.50. The number of rotatable bonds is 4. The number of thiophene rings is 1. The maximum absolute atomic E-state index is 5.78. The molecule has 5 heteroatoms. The van der Waals surface area contributed by atoms with Gasteiger partial charge in [0.15, 0.2) is 0 Å². The maximum Gasteiger partial charge on any atom is 0.138 e. The summed E-state index contributed by atoms with van der Waals surface area (Å²) >= 11 is 1.70. The van der Waals surface area contributed by atoms with Crippen LogP contribution in [0.3, 0.4) is 0 Å².